The summed E-state index contributed by atoms with van der Waals surface area (Å²) in [5, 5.41) is 2.87. The van der Waals surface area contributed by atoms with Crippen molar-refractivity contribution in [3.63, 3.8) is 0 Å². The Morgan fingerprint density at radius 1 is 1.12 bits per heavy atom. The van der Waals surface area contributed by atoms with Gasteiger partial charge in [0.1, 0.15) is 5.54 Å². The molecule has 0 radical (unpaired) electrons. The van der Waals surface area contributed by atoms with Crippen LogP contribution in [-0.4, -0.2) is 68.0 Å². The maximum atomic E-state index is 13.4. The largest absolute Gasteiger partial charge is 0.493 e. The van der Waals surface area contributed by atoms with Crippen molar-refractivity contribution in [2.75, 3.05) is 33.1 Å². The van der Waals surface area contributed by atoms with E-state index in [1.54, 1.807) is 25.1 Å². The Hall–Kier alpha value is -3.11. The first-order valence-corrected chi connectivity index (χ1v) is 12.8. The lowest BCUT2D eigenvalue weighted by molar-refractivity contribution is -0.153. The maximum Gasteiger partial charge on any atom is 0.247 e. The molecular formula is C24H31N3O6S. The summed E-state index contributed by atoms with van der Waals surface area (Å²) in [5.74, 6) is 0.194. The van der Waals surface area contributed by atoms with E-state index in [2.05, 4.69) is 5.32 Å². The molecule has 1 aliphatic heterocycles. The first kappa shape index (κ1) is 25.5. The van der Waals surface area contributed by atoms with E-state index in [-0.39, 0.29) is 26.2 Å². The van der Waals surface area contributed by atoms with Gasteiger partial charge in [-0.2, -0.15) is 4.31 Å². The summed E-state index contributed by atoms with van der Waals surface area (Å²) >= 11 is 0. The number of amides is 2. The number of benzene rings is 2. The molecular weight excluding hydrogens is 458 g/mol. The molecule has 9 nitrogen and oxygen atoms in total. The van der Waals surface area contributed by atoms with Crippen LogP contribution in [0, 0.1) is 0 Å². The van der Waals surface area contributed by atoms with Gasteiger partial charge < -0.3 is 19.7 Å². The summed E-state index contributed by atoms with van der Waals surface area (Å²) in [6, 6.07) is 14.7. The van der Waals surface area contributed by atoms with E-state index >= 15 is 0 Å². The normalized spacial score (nSPS) is 19.1. The predicted molar refractivity (Wildman–Crippen MR) is 128 cm³/mol. The van der Waals surface area contributed by atoms with Gasteiger partial charge in [-0.05, 0) is 37.1 Å². The minimum Gasteiger partial charge on any atom is -0.493 e. The Bertz CT molecular complexity index is 1140. The van der Waals surface area contributed by atoms with Crippen LogP contribution in [0.4, 0.5) is 0 Å². The topological polar surface area (TPSA) is 105 Å². The molecule has 1 aliphatic rings. The third-order valence-electron chi connectivity index (χ3n) is 5.82. The van der Waals surface area contributed by atoms with Crippen molar-refractivity contribution in [1.82, 2.24) is 14.5 Å². The fraction of sp³-hybridized carbons (Fsp3) is 0.417. The van der Waals surface area contributed by atoms with Gasteiger partial charge in [0, 0.05) is 19.6 Å². The average Bonchev–Trinajstić information content (AvgIpc) is 2.80. The Kier molecular flexibility index (Phi) is 7.83. The molecule has 3 rings (SSSR count). The molecule has 2 aromatic carbocycles. The molecule has 2 aromatic rings. The molecule has 1 saturated heterocycles. The fourth-order valence-corrected chi connectivity index (χ4v) is 4.75. The summed E-state index contributed by atoms with van der Waals surface area (Å²) < 4.78 is 36.5. The summed E-state index contributed by atoms with van der Waals surface area (Å²) in [5.41, 5.74) is 0.201. The molecule has 0 bridgehead atoms. The molecule has 1 N–H and O–H groups in total. The number of rotatable bonds is 9. The van der Waals surface area contributed by atoms with Crippen molar-refractivity contribution in [3.05, 3.63) is 59.7 Å². The lowest BCUT2D eigenvalue weighted by atomic mass is 9.94. The first-order chi connectivity index (χ1) is 16.1. The van der Waals surface area contributed by atoms with Gasteiger partial charge in [-0.3, -0.25) is 9.59 Å². The van der Waals surface area contributed by atoms with E-state index in [9.17, 15) is 18.0 Å². The van der Waals surface area contributed by atoms with Gasteiger partial charge in [0.05, 0.1) is 26.5 Å². The van der Waals surface area contributed by atoms with Gasteiger partial charge in [0.15, 0.2) is 11.5 Å². The number of carbonyl (C=O) groups is 2. The van der Waals surface area contributed by atoms with Crippen LogP contribution in [0.1, 0.15) is 25.0 Å². The second kappa shape index (κ2) is 10.4. The van der Waals surface area contributed by atoms with Crippen LogP contribution in [0.15, 0.2) is 48.5 Å². The number of carbonyl (C=O) groups excluding carboxylic acids is 2. The van der Waals surface area contributed by atoms with Crippen molar-refractivity contribution in [1.29, 1.82) is 0 Å². The SMILES string of the molecule is CCOc1ccc(CN2C(=O)CN(S(C)(=O)=O)C[C@@]2(C)C(=O)NCc2ccccc2)cc1OC. The highest BCUT2D eigenvalue weighted by molar-refractivity contribution is 7.88. The second-order valence-electron chi connectivity index (χ2n) is 8.37. The molecule has 1 fully saturated rings. The number of sulfonamides is 1. The lowest BCUT2D eigenvalue weighted by Gasteiger charge is -2.46. The zero-order valence-electron chi connectivity index (χ0n) is 19.9. The quantitative estimate of drug-likeness (QED) is 0.576. The van der Waals surface area contributed by atoms with Gasteiger partial charge in [0.25, 0.3) is 0 Å². The van der Waals surface area contributed by atoms with Crippen LogP contribution in [0.2, 0.25) is 0 Å². The smallest absolute Gasteiger partial charge is 0.247 e. The Morgan fingerprint density at radius 3 is 2.44 bits per heavy atom. The average molecular weight is 490 g/mol. The standard InChI is InChI=1S/C24H31N3O6S/c1-5-33-20-12-11-19(13-21(20)32-3)15-27-22(28)16-26(34(4,30)31)17-24(27,2)23(29)25-14-18-9-7-6-8-10-18/h6-13H,5,14-17H2,1-4H3,(H,25,29)/t24-/m0/s1. The van der Waals surface area contributed by atoms with Crippen molar-refractivity contribution in [2.24, 2.45) is 0 Å². The molecule has 0 saturated carbocycles. The number of hydrogen-bond acceptors (Lipinski definition) is 6. The molecule has 1 heterocycles. The molecule has 0 aromatic heterocycles. The number of hydrogen-bond donors (Lipinski definition) is 1. The van der Waals surface area contributed by atoms with Crippen LogP contribution in [0.5, 0.6) is 11.5 Å². The number of methoxy groups -OCH3 is 1. The molecule has 184 valence electrons. The molecule has 0 aliphatic carbocycles. The Balaban J connectivity index is 1.91. The Morgan fingerprint density at radius 2 is 1.82 bits per heavy atom. The highest BCUT2D eigenvalue weighted by Gasteiger charge is 2.49. The minimum atomic E-state index is -3.68. The predicted octanol–water partition coefficient (Wildman–Crippen LogP) is 1.77. The van der Waals surface area contributed by atoms with Crippen LogP contribution in [-0.2, 0) is 32.7 Å². The molecule has 34 heavy (non-hydrogen) atoms. The number of piperazine rings is 1. The van der Waals surface area contributed by atoms with E-state index in [1.807, 2.05) is 37.3 Å². The number of nitrogens with zero attached hydrogens (tertiary/aromatic N) is 2. The highest BCUT2D eigenvalue weighted by atomic mass is 32.2. The summed E-state index contributed by atoms with van der Waals surface area (Å²) in [6.45, 7) is 3.82. The lowest BCUT2D eigenvalue weighted by Crippen LogP contribution is -2.69. The van der Waals surface area contributed by atoms with Gasteiger partial charge >= 0.3 is 0 Å². The van der Waals surface area contributed by atoms with Crippen molar-refractivity contribution in [2.45, 2.75) is 32.5 Å². The highest BCUT2D eigenvalue weighted by Crippen LogP contribution is 2.31. The Labute approximate surface area is 200 Å². The van der Waals surface area contributed by atoms with E-state index in [0.717, 1.165) is 21.7 Å². The summed E-state index contributed by atoms with van der Waals surface area (Å²) in [4.78, 5) is 28.0. The minimum absolute atomic E-state index is 0.106. The zero-order valence-corrected chi connectivity index (χ0v) is 20.7. The first-order valence-electron chi connectivity index (χ1n) is 11.0. The third-order valence-corrected chi connectivity index (χ3v) is 7.01. The molecule has 0 unspecified atom stereocenters. The van der Waals surface area contributed by atoms with E-state index < -0.39 is 27.4 Å². The van der Waals surface area contributed by atoms with Gasteiger partial charge in [-0.25, -0.2) is 8.42 Å². The third kappa shape index (κ3) is 5.68. The van der Waals surface area contributed by atoms with E-state index in [4.69, 9.17) is 9.47 Å². The molecule has 0 spiro atoms. The molecule has 10 heteroatoms. The summed E-state index contributed by atoms with van der Waals surface area (Å²) in [7, 11) is -2.15. The zero-order chi connectivity index (χ0) is 24.9. The monoisotopic (exact) mass is 489 g/mol. The van der Waals surface area contributed by atoms with E-state index in [1.165, 1.54) is 12.0 Å². The van der Waals surface area contributed by atoms with Crippen molar-refractivity contribution in [3.8, 4) is 11.5 Å². The summed E-state index contributed by atoms with van der Waals surface area (Å²) in [6.07, 6.45) is 1.04. The number of nitrogens with one attached hydrogen (secondary N) is 1. The van der Waals surface area contributed by atoms with Crippen molar-refractivity contribution < 1.29 is 27.5 Å². The second-order valence-corrected chi connectivity index (χ2v) is 10.4. The maximum absolute atomic E-state index is 13.4. The van der Waals surface area contributed by atoms with Crippen LogP contribution in [0.25, 0.3) is 0 Å². The fourth-order valence-electron chi connectivity index (χ4n) is 3.92. The van der Waals surface area contributed by atoms with Gasteiger partial charge in [-0.1, -0.05) is 36.4 Å². The van der Waals surface area contributed by atoms with Crippen LogP contribution >= 0.6 is 0 Å². The number of ether oxygens (including phenoxy) is 2. The molecule has 2 amide bonds. The van der Waals surface area contributed by atoms with Gasteiger partial charge in [0.2, 0.25) is 21.8 Å². The van der Waals surface area contributed by atoms with Crippen LogP contribution < -0.4 is 14.8 Å². The van der Waals surface area contributed by atoms with Crippen molar-refractivity contribution >= 4 is 21.8 Å². The van der Waals surface area contributed by atoms with Gasteiger partial charge in [-0.15, -0.1) is 0 Å². The van der Waals surface area contributed by atoms with E-state index in [0.29, 0.717) is 18.1 Å². The molecule has 1 atom stereocenters. The van der Waals surface area contributed by atoms with Crippen LogP contribution in [0.3, 0.4) is 0 Å².